The molecule has 5 heteroatoms. The lowest BCUT2D eigenvalue weighted by molar-refractivity contribution is 0.0990. The summed E-state index contributed by atoms with van der Waals surface area (Å²) in [4.78, 5) is 19.6. The molecule has 4 aromatic rings. The number of carbonyl (C=O) groups excluding carboxylic acids is 1. The van der Waals surface area contributed by atoms with Crippen molar-refractivity contribution in [2.75, 3.05) is 11.4 Å². The predicted octanol–water partition coefficient (Wildman–Crippen LogP) is 4.20. The van der Waals surface area contributed by atoms with E-state index in [0.29, 0.717) is 24.3 Å². The fourth-order valence-corrected chi connectivity index (χ4v) is 3.84. The summed E-state index contributed by atoms with van der Waals surface area (Å²) < 4.78 is 1.84. The van der Waals surface area contributed by atoms with E-state index in [4.69, 9.17) is 5.10 Å². The third-order valence-corrected chi connectivity index (χ3v) is 5.25. The highest BCUT2D eigenvalue weighted by molar-refractivity contribution is 6.10. The molecule has 5 rings (SSSR count). The molecular weight excluding hydrogens is 360 g/mol. The van der Waals surface area contributed by atoms with Crippen molar-refractivity contribution < 1.29 is 4.79 Å². The summed E-state index contributed by atoms with van der Waals surface area (Å²) in [5.74, 6) is -0.0203. The van der Waals surface area contributed by atoms with Crippen LogP contribution in [0.5, 0.6) is 0 Å². The summed E-state index contributed by atoms with van der Waals surface area (Å²) in [7, 11) is 0. The quantitative estimate of drug-likeness (QED) is 0.533. The van der Waals surface area contributed by atoms with E-state index in [1.807, 2.05) is 64.3 Å². The Kier molecular flexibility index (Phi) is 4.41. The number of fused-ring (bicyclic) bond motifs is 1. The zero-order chi connectivity index (χ0) is 19.6. The molecule has 5 nitrogen and oxygen atoms in total. The first-order valence-corrected chi connectivity index (χ1v) is 9.71. The van der Waals surface area contributed by atoms with Gasteiger partial charge in [-0.1, -0.05) is 48.5 Å². The van der Waals surface area contributed by atoms with Crippen LogP contribution in [0.15, 0.2) is 85.3 Å². The maximum atomic E-state index is 13.5. The Balaban J connectivity index is 1.55. The van der Waals surface area contributed by atoms with E-state index in [2.05, 4.69) is 23.2 Å². The number of para-hydroxylation sites is 1. The molecule has 2 aromatic carbocycles. The van der Waals surface area contributed by atoms with Gasteiger partial charge in [-0.15, -0.1) is 0 Å². The molecule has 29 heavy (non-hydrogen) atoms. The molecule has 0 bridgehead atoms. The molecular formula is C24H20N4O. The van der Waals surface area contributed by atoms with Gasteiger partial charge in [-0.25, -0.2) is 0 Å². The molecule has 0 fully saturated rings. The van der Waals surface area contributed by atoms with Crippen molar-refractivity contribution in [3.63, 3.8) is 0 Å². The highest BCUT2D eigenvalue weighted by Crippen LogP contribution is 2.31. The van der Waals surface area contributed by atoms with Crippen LogP contribution in [-0.4, -0.2) is 27.2 Å². The summed E-state index contributed by atoms with van der Waals surface area (Å²) in [5.41, 5.74) is 5.45. The van der Waals surface area contributed by atoms with Crippen molar-refractivity contribution in [3.05, 3.63) is 102 Å². The summed E-state index contributed by atoms with van der Waals surface area (Å²) in [6, 6.07) is 22.0. The molecule has 0 radical (unpaired) electrons. The molecule has 0 N–H and O–H groups in total. The Morgan fingerprint density at radius 3 is 2.62 bits per heavy atom. The van der Waals surface area contributed by atoms with Crippen LogP contribution < -0.4 is 4.90 Å². The highest BCUT2D eigenvalue weighted by Gasteiger charge is 2.28. The first-order valence-electron chi connectivity index (χ1n) is 9.71. The number of amides is 1. The van der Waals surface area contributed by atoms with Crippen LogP contribution >= 0.6 is 0 Å². The zero-order valence-corrected chi connectivity index (χ0v) is 15.9. The first kappa shape index (κ1) is 17.4. The minimum atomic E-state index is -0.0203. The lowest BCUT2D eigenvalue weighted by Crippen LogP contribution is -2.29. The number of hydrogen-bond donors (Lipinski definition) is 0. The van der Waals surface area contributed by atoms with Crippen molar-refractivity contribution in [2.45, 2.75) is 13.0 Å². The summed E-state index contributed by atoms with van der Waals surface area (Å²) in [5, 5.41) is 4.75. The Labute approximate surface area is 169 Å². The minimum absolute atomic E-state index is 0.0203. The van der Waals surface area contributed by atoms with E-state index < -0.39 is 0 Å². The second-order valence-electron chi connectivity index (χ2n) is 7.15. The minimum Gasteiger partial charge on any atom is -0.308 e. The normalized spacial score (nSPS) is 12.8. The maximum Gasteiger partial charge on any atom is 0.262 e. The van der Waals surface area contributed by atoms with Gasteiger partial charge in [0.2, 0.25) is 0 Å². The monoisotopic (exact) mass is 380 g/mol. The van der Waals surface area contributed by atoms with Crippen LogP contribution in [0.25, 0.3) is 11.3 Å². The topological polar surface area (TPSA) is 51.0 Å². The molecule has 2 aromatic heterocycles. The van der Waals surface area contributed by atoms with Gasteiger partial charge in [0.15, 0.2) is 0 Å². The largest absolute Gasteiger partial charge is 0.308 e. The number of anilines is 1. The van der Waals surface area contributed by atoms with Crippen molar-refractivity contribution in [1.29, 1.82) is 0 Å². The highest BCUT2D eigenvalue weighted by atomic mass is 16.2. The van der Waals surface area contributed by atoms with Gasteiger partial charge in [0.05, 0.1) is 12.1 Å². The fourth-order valence-electron chi connectivity index (χ4n) is 3.84. The summed E-state index contributed by atoms with van der Waals surface area (Å²) in [6.45, 7) is 1.30. The van der Waals surface area contributed by atoms with Gasteiger partial charge in [0.1, 0.15) is 5.69 Å². The fraction of sp³-hybridized carbons (Fsp3) is 0.125. The van der Waals surface area contributed by atoms with Gasteiger partial charge in [0.25, 0.3) is 5.91 Å². The maximum absolute atomic E-state index is 13.5. The number of pyridine rings is 1. The van der Waals surface area contributed by atoms with Crippen LogP contribution in [0, 0.1) is 0 Å². The number of carbonyl (C=O) groups is 1. The summed E-state index contributed by atoms with van der Waals surface area (Å²) >= 11 is 0. The smallest absolute Gasteiger partial charge is 0.262 e. The zero-order valence-electron chi connectivity index (χ0n) is 15.9. The summed E-state index contributed by atoms with van der Waals surface area (Å²) in [6.07, 6.45) is 6.22. The van der Waals surface area contributed by atoms with Crippen LogP contribution in [0.2, 0.25) is 0 Å². The molecule has 0 unspecified atom stereocenters. The Bertz CT molecular complexity index is 1150. The molecule has 0 atom stereocenters. The Morgan fingerprint density at radius 1 is 0.966 bits per heavy atom. The second kappa shape index (κ2) is 7.36. The number of benzene rings is 2. The van der Waals surface area contributed by atoms with Gasteiger partial charge in [0, 0.05) is 36.4 Å². The van der Waals surface area contributed by atoms with Gasteiger partial charge < -0.3 is 4.90 Å². The average Bonchev–Trinajstić information content (AvgIpc) is 3.39. The van der Waals surface area contributed by atoms with Gasteiger partial charge >= 0.3 is 0 Å². The molecule has 1 aliphatic rings. The van der Waals surface area contributed by atoms with Crippen LogP contribution in [-0.2, 0) is 13.0 Å². The van der Waals surface area contributed by atoms with E-state index in [1.165, 1.54) is 5.56 Å². The molecule has 0 saturated heterocycles. The number of rotatable bonds is 4. The average molecular weight is 380 g/mol. The molecule has 1 aliphatic heterocycles. The van der Waals surface area contributed by atoms with E-state index in [-0.39, 0.29) is 5.91 Å². The molecule has 1 amide bonds. The SMILES string of the molecule is O=C(c1cn(Cc2ccccc2)nc1-c1cccnc1)N1CCc2ccccc21. The van der Waals surface area contributed by atoms with Crippen LogP contribution in [0.4, 0.5) is 5.69 Å². The standard InChI is InChI=1S/C24H20N4O/c29-24(28-14-12-19-9-4-5-11-22(19)28)21-17-27(16-18-7-2-1-3-8-18)26-23(21)20-10-6-13-25-15-20/h1-11,13,15,17H,12,14,16H2. The van der Waals surface area contributed by atoms with Gasteiger partial charge in [-0.05, 0) is 35.7 Å². The lowest BCUT2D eigenvalue weighted by atomic mass is 10.1. The van der Waals surface area contributed by atoms with E-state index in [0.717, 1.165) is 23.2 Å². The van der Waals surface area contributed by atoms with E-state index in [1.54, 1.807) is 12.4 Å². The molecule has 0 spiro atoms. The number of hydrogen-bond acceptors (Lipinski definition) is 3. The van der Waals surface area contributed by atoms with Gasteiger partial charge in [-0.2, -0.15) is 5.10 Å². The van der Waals surface area contributed by atoms with Crippen LogP contribution in [0.3, 0.4) is 0 Å². The third-order valence-electron chi connectivity index (χ3n) is 5.25. The third kappa shape index (κ3) is 3.31. The number of aromatic nitrogens is 3. The lowest BCUT2D eigenvalue weighted by Gasteiger charge is -2.17. The van der Waals surface area contributed by atoms with Crippen molar-refractivity contribution in [2.24, 2.45) is 0 Å². The second-order valence-corrected chi connectivity index (χ2v) is 7.15. The molecule has 0 saturated carbocycles. The number of nitrogens with zero attached hydrogens (tertiary/aromatic N) is 4. The van der Waals surface area contributed by atoms with Crippen molar-refractivity contribution in [3.8, 4) is 11.3 Å². The first-order chi connectivity index (χ1) is 14.3. The Hall–Kier alpha value is -3.73. The van der Waals surface area contributed by atoms with E-state index >= 15 is 0 Å². The van der Waals surface area contributed by atoms with Crippen molar-refractivity contribution in [1.82, 2.24) is 14.8 Å². The van der Waals surface area contributed by atoms with Gasteiger partial charge in [-0.3, -0.25) is 14.5 Å². The van der Waals surface area contributed by atoms with Crippen molar-refractivity contribution >= 4 is 11.6 Å². The van der Waals surface area contributed by atoms with E-state index in [9.17, 15) is 4.79 Å². The molecule has 3 heterocycles. The molecule has 142 valence electrons. The van der Waals surface area contributed by atoms with Crippen LogP contribution in [0.1, 0.15) is 21.5 Å². The predicted molar refractivity (Wildman–Crippen MR) is 113 cm³/mol. The molecule has 0 aliphatic carbocycles. The Morgan fingerprint density at radius 2 is 1.79 bits per heavy atom.